The number of aryl methyl sites for hydroxylation is 1. The second-order valence-electron chi connectivity index (χ2n) is 9.43. The molecule has 2 amide bonds. The van der Waals surface area contributed by atoms with Crippen molar-refractivity contribution in [2.45, 2.75) is 67.0 Å². The van der Waals surface area contributed by atoms with E-state index >= 15 is 0 Å². The van der Waals surface area contributed by atoms with Gasteiger partial charge >= 0.3 is 6.09 Å². The Kier molecular flexibility index (Phi) is 7.27. The molecule has 7 heteroatoms. The molecule has 2 rings (SSSR count). The van der Waals surface area contributed by atoms with Gasteiger partial charge in [-0.15, -0.1) is 0 Å². The summed E-state index contributed by atoms with van der Waals surface area (Å²) < 4.78 is 5.46. The maximum Gasteiger partial charge on any atom is 0.410 e. The standard InChI is InChI=1S/C22H36N4O3/c1-8-22(6,7)19(27)24-18-13-17(16(2)14-23-18)15-25-9-11-26(12-10-25)20(28)29-21(3,4)5/h13-14H,8-12,15H2,1-7H3,(H,23,24,27). The lowest BCUT2D eigenvalue weighted by Gasteiger charge is -2.35. The minimum atomic E-state index is -0.477. The van der Waals surface area contributed by atoms with Crippen LogP contribution in [0.2, 0.25) is 0 Å². The fraction of sp³-hybridized carbons (Fsp3) is 0.682. The molecule has 1 N–H and O–H groups in total. The van der Waals surface area contributed by atoms with Crippen LogP contribution in [0, 0.1) is 12.3 Å². The lowest BCUT2D eigenvalue weighted by Crippen LogP contribution is -2.49. The molecule has 0 bridgehead atoms. The second-order valence-corrected chi connectivity index (χ2v) is 9.43. The van der Waals surface area contributed by atoms with Crippen molar-refractivity contribution in [3.63, 3.8) is 0 Å². The molecule has 0 atom stereocenters. The van der Waals surface area contributed by atoms with Crippen LogP contribution < -0.4 is 5.32 Å². The molecule has 0 spiro atoms. The quantitative estimate of drug-likeness (QED) is 0.807. The number of piperazine rings is 1. The number of amides is 2. The van der Waals surface area contributed by atoms with Crippen molar-refractivity contribution < 1.29 is 14.3 Å². The highest BCUT2D eigenvalue weighted by Gasteiger charge is 2.27. The fourth-order valence-corrected chi connectivity index (χ4v) is 2.91. The number of hydrogen-bond donors (Lipinski definition) is 1. The number of ether oxygens (including phenoxy) is 1. The third-order valence-corrected chi connectivity index (χ3v) is 5.37. The Labute approximate surface area is 174 Å². The van der Waals surface area contributed by atoms with Crippen LogP contribution in [0.5, 0.6) is 0 Å². The number of nitrogens with one attached hydrogen (secondary N) is 1. The van der Waals surface area contributed by atoms with Crippen LogP contribution in [0.4, 0.5) is 10.6 Å². The van der Waals surface area contributed by atoms with E-state index in [-0.39, 0.29) is 12.0 Å². The summed E-state index contributed by atoms with van der Waals surface area (Å²) in [5, 5.41) is 2.94. The van der Waals surface area contributed by atoms with Gasteiger partial charge in [-0.3, -0.25) is 9.69 Å². The third-order valence-electron chi connectivity index (χ3n) is 5.37. The van der Waals surface area contributed by atoms with Crippen LogP contribution in [0.15, 0.2) is 12.3 Å². The van der Waals surface area contributed by atoms with Gasteiger partial charge < -0.3 is 15.0 Å². The van der Waals surface area contributed by atoms with E-state index in [1.54, 1.807) is 11.1 Å². The van der Waals surface area contributed by atoms with Crippen molar-refractivity contribution in [3.05, 3.63) is 23.4 Å². The largest absolute Gasteiger partial charge is 0.444 e. The zero-order chi connectivity index (χ0) is 21.8. The van der Waals surface area contributed by atoms with Gasteiger partial charge in [0.25, 0.3) is 0 Å². The van der Waals surface area contributed by atoms with Gasteiger partial charge in [-0.2, -0.15) is 0 Å². The van der Waals surface area contributed by atoms with Crippen molar-refractivity contribution in [1.82, 2.24) is 14.8 Å². The summed E-state index contributed by atoms with van der Waals surface area (Å²) in [6.07, 6.45) is 2.32. The predicted octanol–water partition coefficient (Wildman–Crippen LogP) is 3.82. The minimum absolute atomic E-state index is 0.0201. The molecular weight excluding hydrogens is 368 g/mol. The Morgan fingerprint density at radius 1 is 1.14 bits per heavy atom. The molecule has 0 aromatic carbocycles. The average Bonchev–Trinajstić information content (AvgIpc) is 2.63. The first-order valence-electron chi connectivity index (χ1n) is 10.4. The van der Waals surface area contributed by atoms with E-state index < -0.39 is 11.0 Å². The van der Waals surface area contributed by atoms with Gasteiger partial charge in [0, 0.05) is 44.3 Å². The highest BCUT2D eigenvalue weighted by atomic mass is 16.6. The fourth-order valence-electron chi connectivity index (χ4n) is 2.91. The smallest absolute Gasteiger partial charge is 0.410 e. The molecule has 0 aliphatic carbocycles. The summed E-state index contributed by atoms with van der Waals surface area (Å²) in [5.41, 5.74) is 1.32. The van der Waals surface area contributed by atoms with E-state index in [1.165, 1.54) is 0 Å². The first-order chi connectivity index (χ1) is 13.4. The van der Waals surface area contributed by atoms with E-state index in [0.717, 1.165) is 37.2 Å². The molecule has 1 aromatic heterocycles. The molecule has 1 saturated heterocycles. The van der Waals surface area contributed by atoms with Crippen molar-refractivity contribution >= 4 is 17.8 Å². The molecule has 162 valence electrons. The topological polar surface area (TPSA) is 74.8 Å². The summed E-state index contributed by atoms with van der Waals surface area (Å²) in [6.45, 7) is 17.2. The number of pyridine rings is 1. The summed E-state index contributed by atoms with van der Waals surface area (Å²) in [7, 11) is 0. The molecule has 0 saturated carbocycles. The second kappa shape index (κ2) is 9.11. The van der Waals surface area contributed by atoms with Crippen LogP contribution in [-0.4, -0.2) is 58.6 Å². The first kappa shape index (κ1) is 23.1. The number of carbonyl (C=O) groups excluding carboxylic acids is 2. The summed E-state index contributed by atoms with van der Waals surface area (Å²) in [5.74, 6) is 0.567. The van der Waals surface area contributed by atoms with Crippen molar-refractivity contribution in [1.29, 1.82) is 0 Å². The summed E-state index contributed by atoms with van der Waals surface area (Å²) >= 11 is 0. The third kappa shape index (κ3) is 6.70. The molecule has 1 fully saturated rings. The van der Waals surface area contributed by atoms with Gasteiger partial charge in [0.15, 0.2) is 0 Å². The first-order valence-corrected chi connectivity index (χ1v) is 10.4. The zero-order valence-electron chi connectivity index (χ0n) is 19.0. The monoisotopic (exact) mass is 404 g/mol. The molecule has 1 aromatic rings. The van der Waals surface area contributed by atoms with Gasteiger partial charge in [0.2, 0.25) is 5.91 Å². The Bertz CT molecular complexity index is 732. The van der Waals surface area contributed by atoms with Gasteiger partial charge in [-0.1, -0.05) is 20.8 Å². The highest BCUT2D eigenvalue weighted by molar-refractivity contribution is 5.94. The minimum Gasteiger partial charge on any atom is -0.444 e. The van der Waals surface area contributed by atoms with Crippen molar-refractivity contribution in [2.75, 3.05) is 31.5 Å². The maximum atomic E-state index is 12.4. The molecule has 7 nitrogen and oxygen atoms in total. The predicted molar refractivity (Wildman–Crippen MR) is 115 cm³/mol. The Balaban J connectivity index is 1.96. The van der Waals surface area contributed by atoms with Gasteiger partial charge in [-0.05, 0) is 51.3 Å². The molecule has 0 radical (unpaired) electrons. The zero-order valence-corrected chi connectivity index (χ0v) is 19.0. The number of rotatable bonds is 5. The van der Waals surface area contributed by atoms with Gasteiger partial charge in [-0.25, -0.2) is 9.78 Å². The molecule has 0 unspecified atom stereocenters. The average molecular weight is 405 g/mol. The lowest BCUT2D eigenvalue weighted by atomic mass is 9.89. The van der Waals surface area contributed by atoms with E-state index in [4.69, 9.17) is 4.74 Å². The summed E-state index contributed by atoms with van der Waals surface area (Å²) in [4.78, 5) is 33.1. The van der Waals surface area contributed by atoms with E-state index in [1.807, 2.05) is 54.5 Å². The van der Waals surface area contributed by atoms with E-state index in [2.05, 4.69) is 15.2 Å². The molecule has 1 aliphatic rings. The van der Waals surface area contributed by atoms with Crippen LogP contribution >= 0.6 is 0 Å². The molecule has 2 heterocycles. The molecule has 1 aliphatic heterocycles. The number of hydrogen-bond acceptors (Lipinski definition) is 5. The van der Waals surface area contributed by atoms with E-state index in [0.29, 0.717) is 18.9 Å². The maximum absolute atomic E-state index is 12.4. The number of aromatic nitrogens is 1. The molecule has 29 heavy (non-hydrogen) atoms. The summed E-state index contributed by atoms with van der Waals surface area (Å²) in [6, 6.07) is 1.96. The highest BCUT2D eigenvalue weighted by Crippen LogP contribution is 2.23. The van der Waals surface area contributed by atoms with Crippen LogP contribution in [0.3, 0.4) is 0 Å². The number of anilines is 1. The number of nitrogens with zero attached hydrogens (tertiary/aromatic N) is 3. The Hall–Kier alpha value is -2.15. The molecular formula is C22H36N4O3. The van der Waals surface area contributed by atoms with Gasteiger partial charge in [0.05, 0.1) is 0 Å². The number of carbonyl (C=O) groups is 2. The Morgan fingerprint density at radius 3 is 2.31 bits per heavy atom. The van der Waals surface area contributed by atoms with Crippen molar-refractivity contribution in [2.24, 2.45) is 5.41 Å². The van der Waals surface area contributed by atoms with Crippen molar-refractivity contribution in [3.8, 4) is 0 Å². The SMILES string of the molecule is CCC(C)(C)C(=O)Nc1cc(CN2CCN(C(=O)OC(C)(C)C)CC2)c(C)cn1. The van der Waals surface area contributed by atoms with Gasteiger partial charge in [0.1, 0.15) is 11.4 Å². The van der Waals surface area contributed by atoms with Crippen LogP contribution in [-0.2, 0) is 16.1 Å². The normalized spacial score (nSPS) is 15.9. The Morgan fingerprint density at radius 2 is 1.76 bits per heavy atom. The van der Waals surface area contributed by atoms with E-state index in [9.17, 15) is 9.59 Å². The van der Waals surface area contributed by atoms with Crippen LogP contribution in [0.1, 0.15) is 59.1 Å². The van der Waals surface area contributed by atoms with Crippen LogP contribution in [0.25, 0.3) is 0 Å². The lowest BCUT2D eigenvalue weighted by molar-refractivity contribution is -0.124.